The smallest absolute Gasteiger partial charge is 0.243 e. The minimum absolute atomic E-state index is 0.00571. The lowest BCUT2D eigenvalue weighted by atomic mass is 10.1. The maximum atomic E-state index is 12.0. The van der Waals surface area contributed by atoms with Crippen LogP contribution in [-0.4, -0.2) is 33.8 Å². The van der Waals surface area contributed by atoms with E-state index in [4.69, 9.17) is 10.5 Å². The van der Waals surface area contributed by atoms with Gasteiger partial charge in [-0.25, -0.2) is 4.98 Å². The average molecular weight is 395 g/mol. The summed E-state index contributed by atoms with van der Waals surface area (Å²) < 4.78 is 7.68. The molecule has 0 unspecified atom stereocenters. The maximum absolute atomic E-state index is 12.0. The number of amides is 2. The molecule has 2 heterocycles. The predicted molar refractivity (Wildman–Crippen MR) is 110 cm³/mol. The normalized spacial score (nSPS) is 12.0. The third-order valence-electron chi connectivity index (χ3n) is 4.38. The van der Waals surface area contributed by atoms with Crippen LogP contribution in [0.25, 0.3) is 5.65 Å². The minimum Gasteiger partial charge on any atom is -0.487 e. The van der Waals surface area contributed by atoms with Crippen molar-refractivity contribution in [3.63, 3.8) is 0 Å². The molecular weight excluding hydrogens is 370 g/mol. The number of hydrogen-bond donors (Lipinski definition) is 3. The first-order valence-corrected chi connectivity index (χ1v) is 9.41. The van der Waals surface area contributed by atoms with Gasteiger partial charge in [0.2, 0.25) is 11.8 Å². The molecule has 0 aliphatic rings. The summed E-state index contributed by atoms with van der Waals surface area (Å²) in [6.07, 6.45) is 3.85. The third-order valence-corrected chi connectivity index (χ3v) is 4.38. The largest absolute Gasteiger partial charge is 0.487 e. The molecule has 0 saturated carbocycles. The molecule has 29 heavy (non-hydrogen) atoms. The van der Waals surface area contributed by atoms with E-state index in [2.05, 4.69) is 15.6 Å². The van der Waals surface area contributed by atoms with Crippen LogP contribution in [0.15, 0.2) is 54.9 Å². The monoisotopic (exact) mass is 395 g/mol. The van der Waals surface area contributed by atoms with Gasteiger partial charge in [0.15, 0.2) is 0 Å². The summed E-state index contributed by atoms with van der Waals surface area (Å²) in [5.41, 5.74) is 8.04. The predicted octanol–water partition coefficient (Wildman–Crippen LogP) is 1.95. The number of pyridine rings is 1. The van der Waals surface area contributed by atoms with Crippen LogP contribution >= 0.6 is 0 Å². The topological polar surface area (TPSA) is 111 Å². The fourth-order valence-electron chi connectivity index (χ4n) is 2.64. The number of anilines is 1. The summed E-state index contributed by atoms with van der Waals surface area (Å²) in [4.78, 5) is 28.3. The Kier molecular flexibility index (Phi) is 6.46. The lowest BCUT2D eigenvalue weighted by Gasteiger charge is -2.15. The van der Waals surface area contributed by atoms with E-state index in [0.717, 1.165) is 11.3 Å². The maximum Gasteiger partial charge on any atom is 0.243 e. The number of carbonyl (C=O) groups excluding carboxylic acids is 2. The summed E-state index contributed by atoms with van der Waals surface area (Å²) >= 11 is 0. The van der Waals surface area contributed by atoms with E-state index >= 15 is 0 Å². The summed E-state index contributed by atoms with van der Waals surface area (Å²) in [5.74, 6) is 0.000875. The van der Waals surface area contributed by atoms with E-state index in [0.29, 0.717) is 18.0 Å². The van der Waals surface area contributed by atoms with Gasteiger partial charge in [-0.1, -0.05) is 19.9 Å². The first-order chi connectivity index (χ1) is 13.9. The Labute approximate surface area is 169 Å². The molecule has 1 atom stereocenters. The first-order valence-electron chi connectivity index (χ1n) is 9.41. The quantitative estimate of drug-likeness (QED) is 0.540. The number of benzene rings is 1. The van der Waals surface area contributed by atoms with Crippen molar-refractivity contribution in [2.24, 2.45) is 11.7 Å². The van der Waals surface area contributed by atoms with Crippen LogP contribution in [0.2, 0.25) is 0 Å². The molecule has 0 bridgehead atoms. The van der Waals surface area contributed by atoms with Gasteiger partial charge in [0, 0.05) is 18.1 Å². The molecule has 2 aromatic heterocycles. The van der Waals surface area contributed by atoms with Gasteiger partial charge in [-0.05, 0) is 42.3 Å². The van der Waals surface area contributed by atoms with Crippen LogP contribution in [0.1, 0.15) is 19.5 Å². The zero-order valence-corrected chi connectivity index (χ0v) is 16.5. The molecule has 0 spiro atoms. The fraction of sp³-hybridized carbons (Fsp3) is 0.286. The van der Waals surface area contributed by atoms with Crippen LogP contribution in [0.3, 0.4) is 0 Å². The number of rotatable bonds is 8. The summed E-state index contributed by atoms with van der Waals surface area (Å²) in [7, 11) is 0. The molecule has 8 nitrogen and oxygen atoms in total. The Balaban J connectivity index is 1.47. The highest BCUT2D eigenvalue weighted by molar-refractivity contribution is 5.95. The summed E-state index contributed by atoms with van der Waals surface area (Å²) in [6.45, 7) is 3.91. The van der Waals surface area contributed by atoms with Crippen LogP contribution in [0.4, 0.5) is 5.69 Å². The molecule has 0 saturated heterocycles. The van der Waals surface area contributed by atoms with Crippen molar-refractivity contribution in [1.82, 2.24) is 14.7 Å². The van der Waals surface area contributed by atoms with E-state index in [9.17, 15) is 9.59 Å². The molecule has 4 N–H and O–H groups in total. The molecule has 152 valence electrons. The summed E-state index contributed by atoms with van der Waals surface area (Å²) in [5, 5.41) is 5.25. The van der Waals surface area contributed by atoms with E-state index in [1.807, 2.05) is 48.8 Å². The van der Waals surface area contributed by atoms with E-state index in [-0.39, 0.29) is 24.3 Å². The Morgan fingerprint density at radius 1 is 1.17 bits per heavy atom. The highest BCUT2D eigenvalue weighted by Crippen LogP contribution is 2.17. The molecule has 0 aliphatic carbocycles. The van der Waals surface area contributed by atoms with Crippen LogP contribution in [-0.2, 0) is 16.2 Å². The number of carbonyl (C=O) groups is 2. The van der Waals surface area contributed by atoms with Crippen molar-refractivity contribution < 1.29 is 14.3 Å². The second-order valence-corrected chi connectivity index (χ2v) is 7.05. The van der Waals surface area contributed by atoms with Gasteiger partial charge in [-0.3, -0.25) is 9.59 Å². The highest BCUT2D eigenvalue weighted by Gasteiger charge is 2.17. The molecule has 2 amide bonds. The second kappa shape index (κ2) is 9.20. The van der Waals surface area contributed by atoms with Crippen LogP contribution < -0.4 is 21.1 Å². The molecule has 0 radical (unpaired) electrons. The number of nitrogens with one attached hydrogen (secondary N) is 2. The first kappa shape index (κ1) is 20.3. The van der Waals surface area contributed by atoms with Gasteiger partial charge >= 0.3 is 0 Å². The number of aromatic nitrogens is 2. The second-order valence-electron chi connectivity index (χ2n) is 7.05. The number of hydrogen-bond acceptors (Lipinski definition) is 5. The van der Waals surface area contributed by atoms with Crippen LogP contribution in [0.5, 0.6) is 5.75 Å². The van der Waals surface area contributed by atoms with Gasteiger partial charge < -0.3 is 25.5 Å². The zero-order chi connectivity index (χ0) is 20.8. The number of ether oxygens (including phenoxy) is 1. The molecule has 3 aromatic rings. The number of fused-ring (bicyclic) bond motifs is 1. The average Bonchev–Trinajstić information content (AvgIpc) is 3.14. The number of imidazole rings is 1. The standard InChI is InChI=1S/C21H25N5O3/c1-14(2)20(22)21(28)23-11-19(27)25-15-6-8-17(9-7-15)29-13-16-12-26-10-4-3-5-18(26)24-16/h3-10,12,14,20H,11,13,22H2,1-2H3,(H,23,28)(H,25,27)/t20-/m0/s1. The Morgan fingerprint density at radius 2 is 1.93 bits per heavy atom. The van der Waals surface area contributed by atoms with Crippen molar-refractivity contribution in [2.75, 3.05) is 11.9 Å². The lowest BCUT2D eigenvalue weighted by Crippen LogP contribution is -2.46. The SMILES string of the molecule is CC(C)[C@H](N)C(=O)NCC(=O)Nc1ccc(OCc2cn3ccccc3n2)cc1. The third kappa shape index (κ3) is 5.55. The highest BCUT2D eigenvalue weighted by atomic mass is 16.5. The van der Waals surface area contributed by atoms with Gasteiger partial charge in [0.05, 0.1) is 18.3 Å². The number of nitrogens with two attached hydrogens (primary N) is 1. The number of nitrogens with zero attached hydrogens (tertiary/aromatic N) is 2. The van der Waals surface area contributed by atoms with Crippen molar-refractivity contribution in [3.05, 3.63) is 60.6 Å². The van der Waals surface area contributed by atoms with Crippen molar-refractivity contribution in [3.8, 4) is 5.75 Å². The van der Waals surface area contributed by atoms with E-state index in [1.165, 1.54) is 0 Å². The van der Waals surface area contributed by atoms with Gasteiger partial charge in [0.25, 0.3) is 0 Å². The molecule has 0 fully saturated rings. The van der Waals surface area contributed by atoms with Crippen molar-refractivity contribution >= 4 is 23.1 Å². The molecule has 1 aromatic carbocycles. The fourth-order valence-corrected chi connectivity index (χ4v) is 2.64. The molecular formula is C21H25N5O3. The molecule has 8 heteroatoms. The van der Waals surface area contributed by atoms with E-state index in [1.54, 1.807) is 24.3 Å². The Bertz CT molecular complexity index is 948. The zero-order valence-electron chi connectivity index (χ0n) is 16.5. The molecule has 3 rings (SSSR count). The van der Waals surface area contributed by atoms with Gasteiger partial charge in [-0.15, -0.1) is 0 Å². The molecule has 0 aliphatic heterocycles. The van der Waals surface area contributed by atoms with Crippen molar-refractivity contribution in [1.29, 1.82) is 0 Å². The Morgan fingerprint density at radius 3 is 2.62 bits per heavy atom. The van der Waals surface area contributed by atoms with Crippen LogP contribution in [0, 0.1) is 5.92 Å². The van der Waals surface area contributed by atoms with Gasteiger partial charge in [0.1, 0.15) is 18.0 Å². The van der Waals surface area contributed by atoms with Gasteiger partial charge in [-0.2, -0.15) is 0 Å². The minimum atomic E-state index is -0.632. The Hall–Kier alpha value is -3.39. The summed E-state index contributed by atoms with van der Waals surface area (Å²) in [6, 6.07) is 12.2. The lowest BCUT2D eigenvalue weighted by molar-refractivity contribution is -0.125. The van der Waals surface area contributed by atoms with E-state index < -0.39 is 6.04 Å². The van der Waals surface area contributed by atoms with Crippen molar-refractivity contribution in [2.45, 2.75) is 26.5 Å².